The van der Waals surface area contributed by atoms with Gasteiger partial charge in [-0.3, -0.25) is 4.98 Å². The van der Waals surface area contributed by atoms with Gasteiger partial charge in [-0.05, 0) is 68.7 Å². The number of aromatic nitrogens is 2. The van der Waals surface area contributed by atoms with E-state index in [9.17, 15) is 0 Å². The Kier molecular flexibility index (Phi) is 4.52. The van der Waals surface area contributed by atoms with Crippen LogP contribution >= 0.6 is 0 Å². The molecular weight excluding hydrogens is 462 g/mol. The van der Waals surface area contributed by atoms with Gasteiger partial charge < -0.3 is 0 Å². The number of anilines is 2. The number of benzene rings is 6. The Morgan fingerprint density at radius 1 is 0.421 bits per heavy atom. The zero-order valence-electron chi connectivity index (χ0n) is 20.6. The first-order valence-corrected chi connectivity index (χ1v) is 12.9. The summed E-state index contributed by atoms with van der Waals surface area (Å²) in [7, 11) is 0. The van der Waals surface area contributed by atoms with Gasteiger partial charge in [-0.2, -0.15) is 0 Å². The standard InChI is InChI=1S/C35H23N3/c1-2-9-25(10-3-1)37(26-20-22-36-23-21-26)38-33-13-7-6-12-32(33)35-31-17-16-28-27-11-5-4-8-24(27)14-15-29(28)30(31)18-19-34(35)38/h1-23H. The first-order chi connectivity index (χ1) is 18.9. The smallest absolute Gasteiger partial charge is 0.0722 e. The third-order valence-electron chi connectivity index (χ3n) is 7.64. The lowest BCUT2D eigenvalue weighted by atomic mass is 9.95. The molecule has 0 radical (unpaired) electrons. The van der Waals surface area contributed by atoms with Crippen molar-refractivity contribution < 1.29 is 0 Å². The maximum Gasteiger partial charge on any atom is 0.0722 e. The summed E-state index contributed by atoms with van der Waals surface area (Å²) in [6.45, 7) is 0. The summed E-state index contributed by atoms with van der Waals surface area (Å²) in [5, 5.41) is 12.5. The van der Waals surface area contributed by atoms with Crippen molar-refractivity contribution in [2.75, 3.05) is 5.01 Å². The average Bonchev–Trinajstić information content (AvgIpc) is 3.32. The lowest BCUT2D eigenvalue weighted by molar-refractivity contribution is 0.885. The van der Waals surface area contributed by atoms with Gasteiger partial charge in [-0.15, -0.1) is 0 Å². The minimum atomic E-state index is 1.05. The number of hydrogen-bond donors (Lipinski definition) is 0. The van der Waals surface area contributed by atoms with E-state index < -0.39 is 0 Å². The average molecular weight is 486 g/mol. The Bertz CT molecular complexity index is 2090. The molecule has 0 aliphatic heterocycles. The highest BCUT2D eigenvalue weighted by atomic mass is 15.6. The van der Waals surface area contributed by atoms with Crippen LogP contribution in [0.4, 0.5) is 11.4 Å². The topological polar surface area (TPSA) is 21.1 Å². The lowest BCUT2D eigenvalue weighted by Crippen LogP contribution is -2.23. The molecule has 0 bridgehead atoms. The van der Waals surface area contributed by atoms with Crippen LogP contribution in [0.25, 0.3) is 54.1 Å². The van der Waals surface area contributed by atoms with E-state index in [0.29, 0.717) is 0 Å². The largest absolute Gasteiger partial charge is 0.265 e. The van der Waals surface area contributed by atoms with Gasteiger partial charge in [0, 0.05) is 23.2 Å². The second-order valence-electron chi connectivity index (χ2n) is 9.68. The molecule has 3 nitrogen and oxygen atoms in total. The van der Waals surface area contributed by atoms with Crippen LogP contribution in [0, 0.1) is 0 Å². The van der Waals surface area contributed by atoms with Gasteiger partial charge in [0.1, 0.15) is 0 Å². The van der Waals surface area contributed by atoms with Gasteiger partial charge in [0.2, 0.25) is 0 Å². The van der Waals surface area contributed by atoms with E-state index in [1.807, 2.05) is 12.4 Å². The van der Waals surface area contributed by atoms with E-state index in [1.165, 1.54) is 48.6 Å². The number of rotatable bonds is 3. The minimum Gasteiger partial charge on any atom is -0.265 e. The van der Waals surface area contributed by atoms with Crippen LogP contribution in [0.3, 0.4) is 0 Å². The number of nitrogens with zero attached hydrogens (tertiary/aromatic N) is 3. The van der Waals surface area contributed by atoms with E-state index in [-0.39, 0.29) is 0 Å². The van der Waals surface area contributed by atoms with Gasteiger partial charge in [0.15, 0.2) is 0 Å². The van der Waals surface area contributed by atoms with Gasteiger partial charge >= 0.3 is 0 Å². The second-order valence-corrected chi connectivity index (χ2v) is 9.68. The van der Waals surface area contributed by atoms with E-state index >= 15 is 0 Å². The zero-order chi connectivity index (χ0) is 25.1. The first-order valence-electron chi connectivity index (χ1n) is 12.9. The van der Waals surface area contributed by atoms with Crippen molar-refractivity contribution >= 4 is 65.5 Å². The molecule has 0 saturated heterocycles. The Labute approximate surface area is 219 Å². The number of para-hydroxylation sites is 2. The number of pyridine rings is 1. The van der Waals surface area contributed by atoms with E-state index in [4.69, 9.17) is 0 Å². The molecule has 178 valence electrons. The van der Waals surface area contributed by atoms with Crippen molar-refractivity contribution in [3.8, 4) is 0 Å². The molecule has 2 aromatic heterocycles. The molecule has 0 N–H and O–H groups in total. The van der Waals surface area contributed by atoms with Crippen molar-refractivity contribution in [1.29, 1.82) is 0 Å². The lowest BCUT2D eigenvalue weighted by Gasteiger charge is -2.28. The van der Waals surface area contributed by atoms with Crippen LogP contribution in [0.15, 0.2) is 140 Å². The number of fused-ring (bicyclic) bond motifs is 9. The highest BCUT2D eigenvalue weighted by Gasteiger charge is 2.20. The molecule has 0 unspecified atom stereocenters. The fourth-order valence-electron chi connectivity index (χ4n) is 6.00. The van der Waals surface area contributed by atoms with Crippen LogP contribution in [-0.4, -0.2) is 9.66 Å². The minimum absolute atomic E-state index is 1.05. The summed E-state index contributed by atoms with van der Waals surface area (Å²) in [5.41, 5.74) is 4.47. The molecule has 6 aromatic carbocycles. The van der Waals surface area contributed by atoms with Crippen molar-refractivity contribution in [2.24, 2.45) is 0 Å². The van der Waals surface area contributed by atoms with E-state index in [0.717, 1.165) is 16.9 Å². The Morgan fingerprint density at radius 3 is 1.89 bits per heavy atom. The SMILES string of the molecule is c1ccc(N(c2ccncc2)n2c3ccccc3c3c4ccc5c6ccccc6ccc5c4ccc32)cc1. The maximum absolute atomic E-state index is 4.28. The molecule has 0 amide bonds. The maximum atomic E-state index is 4.28. The van der Waals surface area contributed by atoms with Gasteiger partial charge in [-0.25, -0.2) is 9.69 Å². The quantitative estimate of drug-likeness (QED) is 0.233. The zero-order valence-corrected chi connectivity index (χ0v) is 20.6. The second kappa shape index (κ2) is 8.19. The fraction of sp³-hybridized carbons (Fsp3) is 0. The molecule has 0 saturated carbocycles. The monoisotopic (exact) mass is 485 g/mol. The highest BCUT2D eigenvalue weighted by Crippen LogP contribution is 2.41. The summed E-state index contributed by atoms with van der Waals surface area (Å²) >= 11 is 0. The van der Waals surface area contributed by atoms with Gasteiger partial charge in [0.05, 0.1) is 22.4 Å². The Morgan fingerprint density at radius 2 is 1.03 bits per heavy atom. The van der Waals surface area contributed by atoms with E-state index in [1.54, 1.807) is 0 Å². The predicted octanol–water partition coefficient (Wildman–Crippen LogP) is 9.25. The van der Waals surface area contributed by atoms with Crippen molar-refractivity contribution in [3.05, 3.63) is 140 Å². The van der Waals surface area contributed by atoms with Crippen molar-refractivity contribution in [1.82, 2.24) is 9.66 Å². The number of hydrogen-bond acceptors (Lipinski definition) is 2. The molecule has 0 fully saturated rings. The molecule has 3 heteroatoms. The molecule has 8 aromatic rings. The molecule has 2 heterocycles. The molecule has 38 heavy (non-hydrogen) atoms. The third kappa shape index (κ3) is 2.99. The van der Waals surface area contributed by atoms with Gasteiger partial charge in [0.25, 0.3) is 0 Å². The van der Waals surface area contributed by atoms with Crippen LogP contribution in [0.1, 0.15) is 0 Å². The van der Waals surface area contributed by atoms with Crippen LogP contribution in [0.5, 0.6) is 0 Å². The summed E-state index contributed by atoms with van der Waals surface area (Å²) in [5.74, 6) is 0. The summed E-state index contributed by atoms with van der Waals surface area (Å²) in [6.07, 6.45) is 3.70. The molecule has 0 spiro atoms. The first kappa shape index (κ1) is 21.0. The highest BCUT2D eigenvalue weighted by molar-refractivity contribution is 6.27. The van der Waals surface area contributed by atoms with E-state index in [2.05, 4.69) is 142 Å². The van der Waals surface area contributed by atoms with Crippen LogP contribution < -0.4 is 5.01 Å². The predicted molar refractivity (Wildman–Crippen MR) is 160 cm³/mol. The Hall–Kier alpha value is -5.15. The summed E-state index contributed by atoms with van der Waals surface area (Å²) in [6, 6.07) is 45.7. The van der Waals surface area contributed by atoms with Crippen LogP contribution in [0.2, 0.25) is 0 Å². The van der Waals surface area contributed by atoms with Crippen molar-refractivity contribution in [3.63, 3.8) is 0 Å². The molecule has 0 atom stereocenters. The summed E-state index contributed by atoms with van der Waals surface area (Å²) < 4.78 is 2.35. The molecule has 0 aliphatic carbocycles. The molecule has 0 aliphatic rings. The molecule has 8 rings (SSSR count). The van der Waals surface area contributed by atoms with Gasteiger partial charge in [-0.1, -0.05) is 91.0 Å². The Balaban J connectivity index is 1.51. The summed E-state index contributed by atoms with van der Waals surface area (Å²) in [4.78, 5) is 4.28. The molecular formula is C35H23N3. The normalized spacial score (nSPS) is 11.7. The van der Waals surface area contributed by atoms with Crippen LogP contribution in [-0.2, 0) is 0 Å². The fourth-order valence-corrected chi connectivity index (χ4v) is 6.00. The van der Waals surface area contributed by atoms with Crippen molar-refractivity contribution in [2.45, 2.75) is 0 Å². The third-order valence-corrected chi connectivity index (χ3v) is 7.64.